The first-order valence-corrected chi connectivity index (χ1v) is 7.04. The Balaban J connectivity index is 2.24. The molecule has 96 valence electrons. The second-order valence-corrected chi connectivity index (χ2v) is 6.70. The molecule has 1 heterocycles. The molecule has 1 aromatic heterocycles. The maximum Gasteiger partial charge on any atom is 0.0973 e. The summed E-state index contributed by atoms with van der Waals surface area (Å²) in [7, 11) is 0. The molecular formula is C15H20N2S. The normalized spacial score (nSPS) is 11.8. The number of nitrogens with two attached hydrogens (primary N) is 1. The smallest absolute Gasteiger partial charge is 0.0973 e. The minimum atomic E-state index is 0.118. The van der Waals surface area contributed by atoms with Crippen LogP contribution in [0.2, 0.25) is 0 Å². The van der Waals surface area contributed by atoms with Gasteiger partial charge in [0.25, 0.3) is 0 Å². The number of hydrogen-bond donors (Lipinski definition) is 1. The number of anilines is 1. The van der Waals surface area contributed by atoms with Crippen molar-refractivity contribution in [2.24, 2.45) is 0 Å². The lowest BCUT2D eigenvalue weighted by atomic mass is 9.93. The first-order chi connectivity index (χ1) is 8.36. The minimum Gasteiger partial charge on any atom is -0.398 e. The molecule has 0 radical (unpaired) electrons. The lowest BCUT2D eigenvalue weighted by Crippen LogP contribution is -2.11. The molecule has 0 aliphatic rings. The number of thiazole rings is 1. The molecule has 0 amide bonds. The Bertz CT molecular complexity index is 550. The van der Waals surface area contributed by atoms with Gasteiger partial charge in [0.05, 0.1) is 10.7 Å². The predicted octanol–water partition coefficient (Wildman–Crippen LogP) is 3.92. The van der Waals surface area contributed by atoms with Gasteiger partial charge >= 0.3 is 0 Å². The van der Waals surface area contributed by atoms with Crippen molar-refractivity contribution < 1.29 is 0 Å². The molecule has 0 unspecified atom stereocenters. The average molecular weight is 260 g/mol. The zero-order valence-corrected chi connectivity index (χ0v) is 12.3. The van der Waals surface area contributed by atoms with E-state index in [1.54, 1.807) is 11.3 Å². The fraction of sp³-hybridized carbons (Fsp3) is 0.400. The molecule has 3 heteroatoms. The molecule has 1 aromatic carbocycles. The summed E-state index contributed by atoms with van der Waals surface area (Å²) in [5.74, 6) is 0. The van der Waals surface area contributed by atoms with E-state index in [1.807, 2.05) is 12.1 Å². The topological polar surface area (TPSA) is 38.9 Å². The molecule has 0 saturated heterocycles. The summed E-state index contributed by atoms with van der Waals surface area (Å²) in [6.07, 6.45) is 0.828. The van der Waals surface area contributed by atoms with E-state index in [4.69, 9.17) is 10.7 Å². The van der Waals surface area contributed by atoms with Gasteiger partial charge in [-0.15, -0.1) is 11.3 Å². The molecular weight excluding hydrogens is 240 g/mol. The summed E-state index contributed by atoms with van der Waals surface area (Å²) in [6.45, 7) is 8.65. The third-order valence-corrected chi connectivity index (χ3v) is 3.81. The SMILES string of the molecule is Cc1ccc(N)c(Cc2nc(C(C)(C)C)cs2)c1. The molecule has 0 saturated carbocycles. The van der Waals surface area contributed by atoms with E-state index >= 15 is 0 Å². The van der Waals surface area contributed by atoms with Crippen molar-refractivity contribution in [3.63, 3.8) is 0 Å². The molecule has 0 atom stereocenters. The Morgan fingerprint density at radius 2 is 2.00 bits per heavy atom. The first kappa shape index (κ1) is 13.1. The Kier molecular flexibility index (Phi) is 3.44. The van der Waals surface area contributed by atoms with Gasteiger partial charge in [0.2, 0.25) is 0 Å². The monoisotopic (exact) mass is 260 g/mol. The summed E-state index contributed by atoms with van der Waals surface area (Å²) in [5.41, 5.74) is 10.6. The fourth-order valence-corrected chi connectivity index (χ4v) is 2.83. The molecule has 2 nitrogen and oxygen atoms in total. The van der Waals surface area contributed by atoms with E-state index in [0.717, 1.165) is 22.8 Å². The summed E-state index contributed by atoms with van der Waals surface area (Å²) in [6, 6.07) is 6.16. The molecule has 0 spiro atoms. The lowest BCUT2D eigenvalue weighted by Gasteiger charge is -2.14. The second kappa shape index (κ2) is 4.73. The Labute approximate surface area is 113 Å². The van der Waals surface area contributed by atoms with Gasteiger partial charge in [-0.3, -0.25) is 0 Å². The number of benzene rings is 1. The fourth-order valence-electron chi connectivity index (χ4n) is 1.79. The van der Waals surface area contributed by atoms with Crippen LogP contribution in [0.4, 0.5) is 5.69 Å². The van der Waals surface area contributed by atoms with Crippen molar-refractivity contribution in [2.45, 2.75) is 39.5 Å². The summed E-state index contributed by atoms with van der Waals surface area (Å²) in [5, 5.41) is 3.29. The van der Waals surface area contributed by atoms with Gasteiger partial charge in [-0.05, 0) is 18.6 Å². The predicted molar refractivity (Wildman–Crippen MR) is 79.2 cm³/mol. The number of nitrogen functional groups attached to an aromatic ring is 1. The molecule has 0 bridgehead atoms. The molecule has 0 aliphatic heterocycles. The number of nitrogens with zero attached hydrogens (tertiary/aromatic N) is 1. The van der Waals surface area contributed by atoms with Crippen molar-refractivity contribution in [2.75, 3.05) is 5.73 Å². The molecule has 2 N–H and O–H groups in total. The van der Waals surface area contributed by atoms with Crippen molar-refractivity contribution in [3.8, 4) is 0 Å². The highest BCUT2D eigenvalue weighted by atomic mass is 32.1. The molecule has 0 fully saturated rings. The van der Waals surface area contributed by atoms with E-state index in [1.165, 1.54) is 11.1 Å². The van der Waals surface area contributed by atoms with Crippen LogP contribution in [0.25, 0.3) is 0 Å². The Morgan fingerprint density at radius 1 is 1.28 bits per heavy atom. The zero-order chi connectivity index (χ0) is 13.3. The van der Waals surface area contributed by atoms with E-state index in [2.05, 4.69) is 39.1 Å². The van der Waals surface area contributed by atoms with Gasteiger partial charge in [-0.2, -0.15) is 0 Å². The van der Waals surface area contributed by atoms with E-state index in [-0.39, 0.29) is 5.41 Å². The van der Waals surface area contributed by atoms with Crippen molar-refractivity contribution >= 4 is 17.0 Å². The van der Waals surface area contributed by atoms with Gasteiger partial charge in [0.1, 0.15) is 0 Å². The van der Waals surface area contributed by atoms with E-state index in [0.29, 0.717) is 0 Å². The van der Waals surface area contributed by atoms with Crippen LogP contribution in [-0.2, 0) is 11.8 Å². The lowest BCUT2D eigenvalue weighted by molar-refractivity contribution is 0.571. The standard InChI is InChI=1S/C15H20N2S/c1-10-5-6-12(16)11(7-10)8-14-17-13(9-18-14)15(2,3)4/h5-7,9H,8,16H2,1-4H3. The van der Waals surface area contributed by atoms with Crippen LogP contribution in [0.5, 0.6) is 0 Å². The number of aromatic nitrogens is 1. The van der Waals surface area contributed by atoms with E-state index in [9.17, 15) is 0 Å². The molecule has 2 aromatic rings. The molecule has 0 aliphatic carbocycles. The van der Waals surface area contributed by atoms with Crippen LogP contribution < -0.4 is 5.73 Å². The van der Waals surface area contributed by atoms with Crippen LogP contribution in [0.1, 0.15) is 42.6 Å². The highest BCUT2D eigenvalue weighted by Gasteiger charge is 2.17. The van der Waals surface area contributed by atoms with Crippen molar-refractivity contribution in [3.05, 3.63) is 45.4 Å². The average Bonchev–Trinajstić information content (AvgIpc) is 2.71. The van der Waals surface area contributed by atoms with Crippen LogP contribution >= 0.6 is 11.3 Å². The summed E-state index contributed by atoms with van der Waals surface area (Å²) < 4.78 is 0. The van der Waals surface area contributed by atoms with Crippen molar-refractivity contribution in [1.82, 2.24) is 4.98 Å². The highest BCUT2D eigenvalue weighted by Crippen LogP contribution is 2.26. The number of hydrogen-bond acceptors (Lipinski definition) is 3. The number of aryl methyl sites for hydroxylation is 1. The van der Waals surface area contributed by atoms with Crippen LogP contribution in [0, 0.1) is 6.92 Å². The van der Waals surface area contributed by atoms with Gasteiger partial charge in [0, 0.05) is 22.9 Å². The maximum atomic E-state index is 6.01. The van der Waals surface area contributed by atoms with Crippen LogP contribution in [0.15, 0.2) is 23.6 Å². The third-order valence-electron chi connectivity index (χ3n) is 2.96. The van der Waals surface area contributed by atoms with Gasteiger partial charge in [0.15, 0.2) is 0 Å². The Morgan fingerprint density at radius 3 is 2.61 bits per heavy atom. The van der Waals surface area contributed by atoms with Crippen molar-refractivity contribution in [1.29, 1.82) is 0 Å². The summed E-state index contributed by atoms with van der Waals surface area (Å²) in [4.78, 5) is 4.71. The zero-order valence-electron chi connectivity index (χ0n) is 11.4. The molecule has 2 rings (SSSR count). The summed E-state index contributed by atoms with van der Waals surface area (Å²) >= 11 is 1.72. The quantitative estimate of drug-likeness (QED) is 0.831. The van der Waals surface area contributed by atoms with E-state index < -0.39 is 0 Å². The number of rotatable bonds is 2. The first-order valence-electron chi connectivity index (χ1n) is 6.16. The molecule has 18 heavy (non-hydrogen) atoms. The van der Waals surface area contributed by atoms with Crippen LogP contribution in [0.3, 0.4) is 0 Å². The van der Waals surface area contributed by atoms with Gasteiger partial charge in [-0.25, -0.2) is 4.98 Å². The Hall–Kier alpha value is -1.35. The van der Waals surface area contributed by atoms with Gasteiger partial charge in [-0.1, -0.05) is 38.5 Å². The van der Waals surface area contributed by atoms with Crippen LogP contribution in [-0.4, -0.2) is 4.98 Å². The highest BCUT2D eigenvalue weighted by molar-refractivity contribution is 7.09. The second-order valence-electron chi connectivity index (χ2n) is 5.76. The van der Waals surface area contributed by atoms with Gasteiger partial charge < -0.3 is 5.73 Å². The minimum absolute atomic E-state index is 0.118. The largest absolute Gasteiger partial charge is 0.398 e. The maximum absolute atomic E-state index is 6.01. The third kappa shape index (κ3) is 2.91.